The normalized spacial score (nSPS) is 16.6. The number of alkyl halides is 2. The average molecular weight is 588 g/mol. The van der Waals surface area contributed by atoms with E-state index in [1.807, 2.05) is 6.92 Å². The molecule has 10 nitrogen and oxygen atoms in total. The van der Waals surface area contributed by atoms with E-state index in [1.165, 1.54) is 24.3 Å². The van der Waals surface area contributed by atoms with E-state index in [4.69, 9.17) is 14.2 Å². The zero-order valence-electron chi connectivity index (χ0n) is 21.1. The number of ether oxygens (including phenoxy) is 3. The summed E-state index contributed by atoms with van der Waals surface area (Å²) in [4.78, 5) is -0.434. The van der Waals surface area contributed by atoms with E-state index in [1.54, 1.807) is 13.2 Å². The third-order valence-electron chi connectivity index (χ3n) is 4.64. The Morgan fingerprint density at radius 2 is 1.70 bits per heavy atom. The summed E-state index contributed by atoms with van der Waals surface area (Å²) in [6.07, 6.45) is 3.25. The number of nitrogens with zero attached hydrogens (tertiary/aromatic N) is 2. The van der Waals surface area contributed by atoms with Gasteiger partial charge in [-0.1, -0.05) is 37.1 Å². The molecule has 0 amide bonds. The molecule has 1 aromatic carbocycles. The van der Waals surface area contributed by atoms with E-state index < -0.39 is 40.6 Å². The molecular formula is C20H31F3LiN2O8S3+. The van der Waals surface area contributed by atoms with Gasteiger partial charge in [-0.2, -0.15) is 17.2 Å². The van der Waals surface area contributed by atoms with Gasteiger partial charge in [-0.25, -0.2) is 8.42 Å². The first-order valence-corrected chi connectivity index (χ1v) is 15.4. The molecule has 0 spiro atoms. The zero-order chi connectivity index (χ0) is 27.4. The van der Waals surface area contributed by atoms with Crippen molar-refractivity contribution in [2.45, 2.75) is 42.4 Å². The minimum Gasteiger partial charge on any atom is -0.385 e. The molecule has 17 heteroatoms. The van der Waals surface area contributed by atoms with Crippen LogP contribution in [-0.2, 0) is 48.5 Å². The molecule has 4 atom stereocenters. The summed E-state index contributed by atoms with van der Waals surface area (Å²) < 4.78 is 111. The van der Waals surface area contributed by atoms with Crippen LogP contribution in [0.5, 0.6) is 0 Å². The molecule has 0 aromatic heterocycles. The molecule has 1 aromatic rings. The van der Waals surface area contributed by atoms with E-state index in [0.717, 1.165) is 0 Å². The summed E-state index contributed by atoms with van der Waals surface area (Å²) in [6.45, 7) is 7.02. The van der Waals surface area contributed by atoms with Crippen LogP contribution in [0.25, 0.3) is 0 Å². The van der Waals surface area contributed by atoms with Crippen molar-refractivity contribution in [2.24, 2.45) is 7.54 Å². The number of rotatable bonds is 17. The average Bonchev–Trinajstić information content (AvgIpc) is 2.81. The molecule has 0 saturated carbocycles. The number of hydrogen-bond acceptors (Lipinski definition) is 8. The zero-order valence-corrected chi connectivity index (χ0v) is 23.5. The standard InChI is InChI=1S/C20H31F3N2O8S3.Li/c1-5-12-31-15-18(6-2)32-14-17(11-13-30-3)16-7-9-19(10-8-16)35(27,28)24-34(4,26)25-36(29,33-23)20(21)22;/h5,7-10,17-18,20H,1,6,11-15H2,2-4H3;/q;+1. The molecule has 0 radical (unpaired) electrons. The van der Waals surface area contributed by atoms with Gasteiger partial charge in [0, 0.05) is 25.9 Å². The monoisotopic (exact) mass is 587 g/mol. The van der Waals surface area contributed by atoms with E-state index >= 15 is 0 Å². The Labute approximate surface area is 229 Å². The Morgan fingerprint density at radius 1 is 1.08 bits per heavy atom. The molecular weight excluding hydrogens is 556 g/mol. The topological polar surface area (TPSA) is 130 Å². The molecule has 208 valence electrons. The Kier molecular flexibility index (Phi) is 16.4. The molecule has 0 fully saturated rings. The fourth-order valence-corrected chi connectivity index (χ4v) is 7.42. The van der Waals surface area contributed by atoms with Crippen molar-refractivity contribution in [1.82, 2.24) is 0 Å². The van der Waals surface area contributed by atoms with Crippen LogP contribution in [0.1, 0.15) is 31.2 Å². The van der Waals surface area contributed by atoms with E-state index in [9.17, 15) is 30.1 Å². The second kappa shape index (κ2) is 16.9. The fraction of sp³-hybridized carbons (Fsp3) is 0.600. The van der Waals surface area contributed by atoms with E-state index in [-0.39, 0.29) is 30.9 Å². The third-order valence-corrected chi connectivity index (χ3v) is 9.97. The first-order chi connectivity index (χ1) is 16.8. The summed E-state index contributed by atoms with van der Waals surface area (Å²) in [5.74, 6) is -4.15. The van der Waals surface area contributed by atoms with Crippen LogP contribution < -0.4 is 18.9 Å². The van der Waals surface area contributed by atoms with Crippen LogP contribution >= 0.6 is 0 Å². The Bertz CT molecular complexity index is 1180. The van der Waals surface area contributed by atoms with Gasteiger partial charge in [0.1, 0.15) is 0 Å². The van der Waals surface area contributed by atoms with Crippen molar-refractivity contribution in [3.05, 3.63) is 42.5 Å². The van der Waals surface area contributed by atoms with E-state index in [0.29, 0.717) is 51.1 Å². The molecule has 0 saturated heterocycles. The SMILES string of the molecule is C=CCOCC(CC)OCC(CCOC)c1ccc(S(=O)(=O)N=S(C)(=O)N=S(=O)(OF)C(F)F)cc1.[Li+]. The molecule has 0 N–H and O–H groups in total. The Morgan fingerprint density at radius 3 is 2.19 bits per heavy atom. The smallest absolute Gasteiger partial charge is 0.385 e. The molecule has 1 rings (SSSR count). The quantitative estimate of drug-likeness (QED) is 0.150. The summed E-state index contributed by atoms with van der Waals surface area (Å²) in [6, 6.07) is 5.32. The maximum Gasteiger partial charge on any atom is 1.00 e. The summed E-state index contributed by atoms with van der Waals surface area (Å²) >= 11 is 0. The minimum atomic E-state index is -5.35. The molecule has 0 bridgehead atoms. The third kappa shape index (κ3) is 12.2. The maximum absolute atomic E-state index is 12.7. The van der Waals surface area contributed by atoms with Gasteiger partial charge >= 0.3 is 24.6 Å². The predicted molar refractivity (Wildman–Crippen MR) is 129 cm³/mol. The summed E-state index contributed by atoms with van der Waals surface area (Å²) in [5.41, 5.74) is 0.710. The molecule has 4 unspecified atom stereocenters. The van der Waals surface area contributed by atoms with Crippen LogP contribution in [0.3, 0.4) is 0 Å². The van der Waals surface area contributed by atoms with Gasteiger partial charge in [-0.05, 0) is 35.1 Å². The van der Waals surface area contributed by atoms with Crippen molar-refractivity contribution in [3.8, 4) is 0 Å². The van der Waals surface area contributed by atoms with Gasteiger partial charge in [0.25, 0.3) is 20.0 Å². The molecule has 37 heavy (non-hydrogen) atoms. The van der Waals surface area contributed by atoms with Crippen LogP contribution in [-0.4, -0.2) is 68.5 Å². The molecule has 0 aliphatic heterocycles. The van der Waals surface area contributed by atoms with Gasteiger partial charge < -0.3 is 14.2 Å². The van der Waals surface area contributed by atoms with Gasteiger partial charge in [-0.15, -0.1) is 6.58 Å². The maximum atomic E-state index is 12.7. The number of hydrogen-bond donors (Lipinski definition) is 0. The van der Waals surface area contributed by atoms with E-state index in [2.05, 4.69) is 18.5 Å². The minimum absolute atomic E-state index is 0. The Hall–Kier alpha value is -0.963. The van der Waals surface area contributed by atoms with Crippen molar-refractivity contribution < 1.29 is 67.6 Å². The van der Waals surface area contributed by atoms with Crippen LogP contribution in [0.15, 0.2) is 49.4 Å². The molecule has 0 aliphatic carbocycles. The van der Waals surface area contributed by atoms with Crippen molar-refractivity contribution in [2.75, 3.05) is 39.8 Å². The first-order valence-electron chi connectivity index (χ1n) is 10.6. The van der Waals surface area contributed by atoms with Gasteiger partial charge in [0.15, 0.2) is 9.92 Å². The largest absolute Gasteiger partial charge is 1.00 e. The van der Waals surface area contributed by atoms with Gasteiger partial charge in [-0.3, -0.25) is 0 Å². The van der Waals surface area contributed by atoms with Crippen LogP contribution in [0, 0.1) is 0 Å². The second-order valence-corrected chi connectivity index (χ2v) is 13.1. The van der Waals surface area contributed by atoms with Gasteiger partial charge in [0.2, 0.25) is 0 Å². The number of sulfonamides is 1. The van der Waals surface area contributed by atoms with Crippen molar-refractivity contribution >= 4 is 29.9 Å². The number of methoxy groups -OCH3 is 1. The predicted octanol–water partition coefficient (Wildman–Crippen LogP) is 1.02. The van der Waals surface area contributed by atoms with Crippen LogP contribution in [0.2, 0.25) is 0 Å². The first kappa shape index (κ1) is 36.0. The van der Waals surface area contributed by atoms with Gasteiger partial charge in [0.05, 0.1) is 30.8 Å². The number of benzene rings is 1. The number of halogens is 3. The second-order valence-electron chi connectivity index (χ2n) is 7.46. The van der Waals surface area contributed by atoms with Crippen LogP contribution in [0.4, 0.5) is 13.3 Å². The Balaban J connectivity index is 0.0000130. The van der Waals surface area contributed by atoms with Crippen molar-refractivity contribution in [3.63, 3.8) is 0 Å². The molecule has 0 heterocycles. The molecule has 0 aliphatic rings. The fourth-order valence-electron chi connectivity index (χ4n) is 2.84. The summed E-state index contributed by atoms with van der Waals surface area (Å²) in [5, 5.41) is 0. The summed E-state index contributed by atoms with van der Waals surface area (Å²) in [7, 11) is -12.9. The van der Waals surface area contributed by atoms with Crippen molar-refractivity contribution in [1.29, 1.82) is 0 Å².